The summed E-state index contributed by atoms with van der Waals surface area (Å²) in [6, 6.07) is 16.1. The van der Waals surface area contributed by atoms with Gasteiger partial charge in [-0.2, -0.15) is 0 Å². The van der Waals surface area contributed by atoms with Crippen molar-refractivity contribution in [3.05, 3.63) is 72.1 Å². The van der Waals surface area contributed by atoms with Crippen molar-refractivity contribution in [2.75, 3.05) is 0 Å². The largest absolute Gasteiger partial charge is 0.252 e. The normalized spacial score (nSPS) is 11.0. The van der Waals surface area contributed by atoms with Gasteiger partial charge in [-0.1, -0.05) is 41.6 Å². The van der Waals surface area contributed by atoms with Crippen molar-refractivity contribution in [2.24, 2.45) is 0 Å². The van der Waals surface area contributed by atoms with E-state index in [1.165, 1.54) is 11.1 Å². The molecule has 0 unspecified atom stereocenters. The first-order valence-corrected chi connectivity index (χ1v) is 7.46. The van der Waals surface area contributed by atoms with Gasteiger partial charge in [-0.15, -0.1) is 5.10 Å². The van der Waals surface area contributed by atoms with Crippen LogP contribution in [0.4, 0.5) is 0 Å². The van der Waals surface area contributed by atoms with Gasteiger partial charge in [-0.25, -0.2) is 9.67 Å². The van der Waals surface area contributed by atoms with Crippen LogP contribution < -0.4 is 0 Å². The Kier molecular flexibility index (Phi) is 3.31. The lowest BCUT2D eigenvalue weighted by atomic mass is 10.1. The molecule has 23 heavy (non-hydrogen) atoms. The summed E-state index contributed by atoms with van der Waals surface area (Å²) in [6.45, 7) is 2.79. The van der Waals surface area contributed by atoms with Crippen molar-refractivity contribution in [3.63, 3.8) is 0 Å². The van der Waals surface area contributed by atoms with E-state index >= 15 is 0 Å². The number of aryl methyl sites for hydroxylation is 1. The summed E-state index contributed by atoms with van der Waals surface area (Å²) < 4.78 is 1.83. The van der Waals surface area contributed by atoms with E-state index in [4.69, 9.17) is 0 Å². The molecule has 112 valence electrons. The Morgan fingerprint density at radius 3 is 2.57 bits per heavy atom. The average molecular weight is 301 g/mol. The molecule has 0 atom stereocenters. The van der Waals surface area contributed by atoms with Gasteiger partial charge in [-0.3, -0.25) is 4.98 Å². The van der Waals surface area contributed by atoms with Crippen LogP contribution >= 0.6 is 0 Å². The molecule has 0 spiro atoms. The van der Waals surface area contributed by atoms with E-state index in [9.17, 15) is 0 Å². The summed E-state index contributed by atoms with van der Waals surface area (Å²) in [5.41, 5.74) is 5.68. The first kappa shape index (κ1) is 13.6. The summed E-state index contributed by atoms with van der Waals surface area (Å²) in [4.78, 5) is 9.03. The number of nitrogens with zero attached hydrogens (tertiary/aromatic N) is 5. The van der Waals surface area contributed by atoms with E-state index in [2.05, 4.69) is 39.3 Å². The SMILES string of the molecule is Cc1ccccc1Cn1cc(-c2cnc3ccccc3n2)nn1. The van der Waals surface area contributed by atoms with Crippen molar-refractivity contribution in [3.8, 4) is 11.4 Å². The summed E-state index contributed by atoms with van der Waals surface area (Å²) >= 11 is 0. The maximum absolute atomic E-state index is 4.61. The highest BCUT2D eigenvalue weighted by Gasteiger charge is 2.08. The highest BCUT2D eigenvalue weighted by atomic mass is 15.4. The number of hydrogen-bond donors (Lipinski definition) is 0. The number of benzene rings is 2. The number of hydrogen-bond acceptors (Lipinski definition) is 4. The minimum absolute atomic E-state index is 0.695. The molecule has 0 radical (unpaired) electrons. The van der Waals surface area contributed by atoms with Gasteiger partial charge in [0.2, 0.25) is 0 Å². The average Bonchev–Trinajstić information content (AvgIpc) is 3.05. The molecule has 0 aliphatic rings. The number of para-hydroxylation sites is 2. The molecular formula is C18H15N5. The van der Waals surface area contributed by atoms with Crippen molar-refractivity contribution in [1.29, 1.82) is 0 Å². The van der Waals surface area contributed by atoms with Gasteiger partial charge in [0.05, 0.1) is 30.0 Å². The highest BCUT2D eigenvalue weighted by Crippen LogP contribution is 2.17. The fourth-order valence-corrected chi connectivity index (χ4v) is 2.54. The molecule has 2 heterocycles. The zero-order chi connectivity index (χ0) is 15.6. The second-order valence-electron chi connectivity index (χ2n) is 5.47. The van der Waals surface area contributed by atoms with Crippen LogP contribution in [0.25, 0.3) is 22.4 Å². The van der Waals surface area contributed by atoms with Gasteiger partial charge in [-0.05, 0) is 30.2 Å². The molecule has 4 aromatic rings. The van der Waals surface area contributed by atoms with Crippen molar-refractivity contribution in [1.82, 2.24) is 25.0 Å². The van der Waals surface area contributed by atoms with Crippen LogP contribution in [0.2, 0.25) is 0 Å². The number of aromatic nitrogens is 5. The zero-order valence-corrected chi connectivity index (χ0v) is 12.7. The van der Waals surface area contributed by atoms with Crippen LogP contribution in [0.15, 0.2) is 60.9 Å². The lowest BCUT2D eigenvalue weighted by Crippen LogP contribution is -2.01. The molecule has 2 aromatic carbocycles. The molecule has 0 fully saturated rings. The van der Waals surface area contributed by atoms with Crippen LogP contribution in [0.1, 0.15) is 11.1 Å². The Morgan fingerprint density at radius 1 is 0.913 bits per heavy atom. The maximum atomic E-state index is 4.61. The van der Waals surface area contributed by atoms with E-state index in [1.807, 2.05) is 47.3 Å². The predicted octanol–water partition coefficient (Wildman–Crippen LogP) is 3.25. The van der Waals surface area contributed by atoms with Gasteiger partial charge >= 0.3 is 0 Å². The second-order valence-corrected chi connectivity index (χ2v) is 5.47. The lowest BCUT2D eigenvalue weighted by Gasteiger charge is -2.04. The van der Waals surface area contributed by atoms with Crippen molar-refractivity contribution >= 4 is 11.0 Å². The van der Waals surface area contributed by atoms with Gasteiger partial charge in [0, 0.05) is 0 Å². The molecule has 2 aromatic heterocycles. The maximum Gasteiger partial charge on any atom is 0.133 e. The molecule has 0 bridgehead atoms. The quantitative estimate of drug-likeness (QED) is 0.583. The molecule has 0 aliphatic carbocycles. The molecule has 0 N–H and O–H groups in total. The van der Waals surface area contributed by atoms with Gasteiger partial charge in [0.15, 0.2) is 0 Å². The van der Waals surface area contributed by atoms with E-state index in [1.54, 1.807) is 6.20 Å². The van der Waals surface area contributed by atoms with Crippen LogP contribution in [0.5, 0.6) is 0 Å². The number of fused-ring (bicyclic) bond motifs is 1. The standard InChI is InChI=1S/C18H15N5/c1-13-6-2-3-7-14(13)11-23-12-18(21-22-23)17-10-19-15-8-4-5-9-16(15)20-17/h2-10,12H,11H2,1H3. The molecule has 0 saturated heterocycles. The molecular weight excluding hydrogens is 286 g/mol. The Bertz CT molecular complexity index is 974. The Balaban J connectivity index is 1.65. The Labute approximate surface area is 133 Å². The first-order valence-electron chi connectivity index (χ1n) is 7.46. The minimum Gasteiger partial charge on any atom is -0.252 e. The minimum atomic E-state index is 0.695. The molecule has 4 rings (SSSR count). The van der Waals surface area contributed by atoms with E-state index in [0.717, 1.165) is 22.4 Å². The van der Waals surface area contributed by atoms with Gasteiger partial charge < -0.3 is 0 Å². The summed E-state index contributed by atoms with van der Waals surface area (Å²) in [5, 5.41) is 8.44. The van der Waals surface area contributed by atoms with Crippen molar-refractivity contribution < 1.29 is 0 Å². The molecule has 5 heteroatoms. The Hall–Kier alpha value is -3.08. The highest BCUT2D eigenvalue weighted by molar-refractivity contribution is 5.76. The predicted molar refractivity (Wildman–Crippen MR) is 88.8 cm³/mol. The van der Waals surface area contributed by atoms with Crippen LogP contribution in [0.3, 0.4) is 0 Å². The zero-order valence-electron chi connectivity index (χ0n) is 12.7. The van der Waals surface area contributed by atoms with Gasteiger partial charge in [0.1, 0.15) is 11.4 Å². The van der Waals surface area contributed by atoms with Crippen LogP contribution in [-0.4, -0.2) is 25.0 Å². The summed E-state index contributed by atoms with van der Waals surface area (Å²) in [7, 11) is 0. The van der Waals surface area contributed by atoms with E-state index in [-0.39, 0.29) is 0 Å². The lowest BCUT2D eigenvalue weighted by molar-refractivity contribution is 0.647. The molecule has 0 amide bonds. The van der Waals surface area contributed by atoms with Gasteiger partial charge in [0.25, 0.3) is 0 Å². The number of rotatable bonds is 3. The third kappa shape index (κ3) is 2.68. The Morgan fingerprint density at radius 2 is 1.70 bits per heavy atom. The second kappa shape index (κ2) is 5.61. The molecule has 0 saturated carbocycles. The molecule has 5 nitrogen and oxygen atoms in total. The molecule has 0 aliphatic heterocycles. The summed E-state index contributed by atoms with van der Waals surface area (Å²) in [5.74, 6) is 0. The fraction of sp³-hybridized carbons (Fsp3) is 0.111. The fourth-order valence-electron chi connectivity index (χ4n) is 2.54. The third-order valence-corrected chi connectivity index (χ3v) is 3.84. The third-order valence-electron chi connectivity index (χ3n) is 3.84. The van der Waals surface area contributed by atoms with E-state index in [0.29, 0.717) is 6.54 Å². The summed E-state index contributed by atoms with van der Waals surface area (Å²) in [6.07, 6.45) is 3.65. The monoisotopic (exact) mass is 301 g/mol. The van der Waals surface area contributed by atoms with Crippen molar-refractivity contribution in [2.45, 2.75) is 13.5 Å². The smallest absolute Gasteiger partial charge is 0.133 e. The topological polar surface area (TPSA) is 56.5 Å². The van der Waals surface area contributed by atoms with Crippen LogP contribution in [0, 0.1) is 6.92 Å². The first-order chi connectivity index (χ1) is 11.3. The van der Waals surface area contributed by atoms with Crippen LogP contribution in [-0.2, 0) is 6.54 Å². The van der Waals surface area contributed by atoms with E-state index < -0.39 is 0 Å².